The molecular weight excluding hydrogens is 200 g/mol. The second-order valence-electron chi connectivity index (χ2n) is 3.12. The van der Waals surface area contributed by atoms with Crippen LogP contribution in [-0.2, 0) is 6.54 Å². The number of hydrogen-bond acceptors (Lipinski definition) is 3. The maximum Gasteiger partial charge on any atom is 0.371 e. The zero-order valence-corrected chi connectivity index (χ0v) is 8.48. The number of carboxylic acid groups (broad SMARTS) is 1. The number of carboxylic acids is 1. The predicted octanol–water partition coefficient (Wildman–Crippen LogP) is 0.749. The smallest absolute Gasteiger partial charge is 0.371 e. The van der Waals surface area contributed by atoms with Crippen molar-refractivity contribution >= 4 is 12.0 Å². The Morgan fingerprint density at radius 1 is 1.47 bits per heavy atom. The van der Waals surface area contributed by atoms with Crippen molar-refractivity contribution in [2.75, 3.05) is 14.1 Å². The number of nitrogens with one attached hydrogen (secondary N) is 1. The first-order chi connectivity index (χ1) is 7.00. The van der Waals surface area contributed by atoms with E-state index in [0.29, 0.717) is 5.76 Å². The summed E-state index contributed by atoms with van der Waals surface area (Å²) in [4.78, 5) is 23.0. The Bertz CT molecular complexity index is 370. The Kier molecular flexibility index (Phi) is 3.33. The van der Waals surface area contributed by atoms with Crippen molar-refractivity contribution < 1.29 is 19.1 Å². The van der Waals surface area contributed by atoms with E-state index in [-0.39, 0.29) is 18.3 Å². The van der Waals surface area contributed by atoms with E-state index < -0.39 is 5.97 Å². The van der Waals surface area contributed by atoms with E-state index in [1.54, 1.807) is 14.1 Å². The van der Waals surface area contributed by atoms with Crippen LogP contribution in [0.1, 0.15) is 16.3 Å². The Morgan fingerprint density at radius 3 is 2.60 bits per heavy atom. The molecule has 82 valence electrons. The Labute approximate surface area is 86.5 Å². The molecule has 0 spiro atoms. The fourth-order valence-corrected chi connectivity index (χ4v) is 0.909. The van der Waals surface area contributed by atoms with Crippen molar-refractivity contribution in [3.05, 3.63) is 23.7 Å². The molecule has 0 saturated heterocycles. The number of nitrogens with zero attached hydrogens (tertiary/aromatic N) is 1. The fourth-order valence-electron chi connectivity index (χ4n) is 0.909. The molecule has 0 aromatic carbocycles. The van der Waals surface area contributed by atoms with Crippen LogP contribution in [0.25, 0.3) is 0 Å². The van der Waals surface area contributed by atoms with Crippen LogP contribution in [-0.4, -0.2) is 36.1 Å². The fraction of sp³-hybridized carbons (Fsp3) is 0.333. The number of amides is 2. The molecule has 6 heteroatoms. The lowest BCUT2D eigenvalue weighted by molar-refractivity contribution is 0.0660. The van der Waals surface area contributed by atoms with Crippen LogP contribution in [0.2, 0.25) is 0 Å². The van der Waals surface area contributed by atoms with Gasteiger partial charge in [-0.05, 0) is 12.1 Å². The van der Waals surface area contributed by atoms with Crippen molar-refractivity contribution in [1.82, 2.24) is 10.2 Å². The molecule has 1 rings (SSSR count). The molecule has 0 radical (unpaired) electrons. The number of hydrogen-bond donors (Lipinski definition) is 2. The largest absolute Gasteiger partial charge is 0.475 e. The summed E-state index contributed by atoms with van der Waals surface area (Å²) in [5, 5.41) is 11.1. The van der Waals surface area contributed by atoms with Gasteiger partial charge < -0.3 is 19.7 Å². The maximum absolute atomic E-state index is 11.1. The summed E-state index contributed by atoms with van der Waals surface area (Å²) in [5.41, 5.74) is 0. The lowest BCUT2D eigenvalue weighted by Crippen LogP contribution is -2.33. The number of furan rings is 1. The molecule has 15 heavy (non-hydrogen) atoms. The molecular formula is C9H12N2O4. The van der Waals surface area contributed by atoms with Crippen LogP contribution in [0.5, 0.6) is 0 Å². The summed E-state index contributed by atoms with van der Waals surface area (Å²) < 4.78 is 4.94. The van der Waals surface area contributed by atoms with Gasteiger partial charge in [-0.1, -0.05) is 0 Å². The average Bonchev–Trinajstić information content (AvgIpc) is 2.62. The first-order valence-corrected chi connectivity index (χ1v) is 4.28. The first-order valence-electron chi connectivity index (χ1n) is 4.28. The van der Waals surface area contributed by atoms with Gasteiger partial charge in [0.05, 0.1) is 6.54 Å². The van der Waals surface area contributed by atoms with Crippen molar-refractivity contribution in [1.29, 1.82) is 0 Å². The zero-order chi connectivity index (χ0) is 11.4. The van der Waals surface area contributed by atoms with E-state index in [1.165, 1.54) is 17.0 Å². The lowest BCUT2D eigenvalue weighted by Gasteiger charge is -2.10. The minimum Gasteiger partial charge on any atom is -0.475 e. The third kappa shape index (κ3) is 3.01. The molecule has 0 aliphatic heterocycles. The van der Waals surface area contributed by atoms with Crippen LogP contribution in [0, 0.1) is 0 Å². The van der Waals surface area contributed by atoms with Gasteiger partial charge in [-0.3, -0.25) is 0 Å². The van der Waals surface area contributed by atoms with Crippen molar-refractivity contribution in [3.63, 3.8) is 0 Å². The third-order valence-corrected chi connectivity index (χ3v) is 1.69. The van der Waals surface area contributed by atoms with Crippen LogP contribution >= 0.6 is 0 Å². The highest BCUT2D eigenvalue weighted by molar-refractivity contribution is 5.84. The average molecular weight is 212 g/mol. The van der Waals surface area contributed by atoms with Gasteiger partial charge in [0.25, 0.3) is 0 Å². The standard InChI is InChI=1S/C9H12N2O4/c1-11(2)9(14)10-5-6-3-4-7(15-6)8(12)13/h3-4H,5H2,1-2H3,(H,10,14)(H,12,13). The molecule has 0 aliphatic rings. The van der Waals surface area contributed by atoms with Crippen molar-refractivity contribution in [3.8, 4) is 0 Å². The molecule has 0 atom stereocenters. The van der Waals surface area contributed by atoms with E-state index in [9.17, 15) is 9.59 Å². The second-order valence-corrected chi connectivity index (χ2v) is 3.12. The first kappa shape index (κ1) is 11.1. The highest BCUT2D eigenvalue weighted by atomic mass is 16.4. The summed E-state index contributed by atoms with van der Waals surface area (Å²) >= 11 is 0. The van der Waals surface area contributed by atoms with Crippen molar-refractivity contribution in [2.24, 2.45) is 0 Å². The SMILES string of the molecule is CN(C)C(=O)NCc1ccc(C(=O)O)o1. The normalized spacial score (nSPS) is 9.73. The third-order valence-electron chi connectivity index (χ3n) is 1.69. The summed E-state index contributed by atoms with van der Waals surface area (Å²) in [6.45, 7) is 0.171. The van der Waals surface area contributed by atoms with Gasteiger partial charge in [0, 0.05) is 14.1 Å². The number of aromatic carboxylic acids is 1. The number of rotatable bonds is 3. The monoisotopic (exact) mass is 212 g/mol. The van der Waals surface area contributed by atoms with Gasteiger partial charge in [-0.25, -0.2) is 9.59 Å². The molecule has 0 saturated carbocycles. The number of urea groups is 1. The van der Waals surface area contributed by atoms with E-state index in [0.717, 1.165) is 0 Å². The minimum atomic E-state index is -1.12. The Morgan fingerprint density at radius 2 is 2.13 bits per heavy atom. The van der Waals surface area contributed by atoms with E-state index in [4.69, 9.17) is 9.52 Å². The Hall–Kier alpha value is -1.98. The summed E-state index contributed by atoms with van der Waals surface area (Å²) in [7, 11) is 3.22. The highest BCUT2D eigenvalue weighted by Crippen LogP contribution is 2.07. The molecule has 1 aromatic rings. The van der Waals surface area contributed by atoms with Gasteiger partial charge in [0.15, 0.2) is 0 Å². The van der Waals surface area contributed by atoms with Crippen molar-refractivity contribution in [2.45, 2.75) is 6.54 Å². The topological polar surface area (TPSA) is 82.8 Å². The summed E-state index contributed by atoms with van der Waals surface area (Å²) in [6.07, 6.45) is 0. The number of carbonyl (C=O) groups is 2. The van der Waals surface area contributed by atoms with Crippen LogP contribution in [0.15, 0.2) is 16.5 Å². The van der Waals surface area contributed by atoms with Gasteiger partial charge in [-0.2, -0.15) is 0 Å². The van der Waals surface area contributed by atoms with E-state index >= 15 is 0 Å². The second kappa shape index (κ2) is 4.50. The van der Waals surface area contributed by atoms with Crippen LogP contribution in [0.4, 0.5) is 4.79 Å². The summed E-state index contributed by atoms with van der Waals surface area (Å²) in [6, 6.07) is 2.60. The molecule has 6 nitrogen and oxygen atoms in total. The molecule has 0 bridgehead atoms. The molecule has 0 unspecified atom stereocenters. The molecule has 0 fully saturated rings. The molecule has 1 heterocycles. The van der Waals surface area contributed by atoms with Gasteiger partial charge in [0.2, 0.25) is 5.76 Å². The zero-order valence-electron chi connectivity index (χ0n) is 8.48. The maximum atomic E-state index is 11.1. The van der Waals surface area contributed by atoms with Crippen LogP contribution < -0.4 is 5.32 Å². The lowest BCUT2D eigenvalue weighted by atomic mass is 10.4. The van der Waals surface area contributed by atoms with E-state index in [1.807, 2.05) is 0 Å². The quantitative estimate of drug-likeness (QED) is 0.774. The minimum absolute atomic E-state index is 0.135. The number of carbonyl (C=O) groups excluding carboxylic acids is 1. The van der Waals surface area contributed by atoms with Gasteiger partial charge >= 0.3 is 12.0 Å². The Balaban J connectivity index is 2.51. The van der Waals surface area contributed by atoms with Crippen LogP contribution in [0.3, 0.4) is 0 Å². The van der Waals surface area contributed by atoms with E-state index in [2.05, 4.69) is 5.32 Å². The molecule has 2 amide bonds. The highest BCUT2D eigenvalue weighted by Gasteiger charge is 2.09. The molecule has 1 aromatic heterocycles. The van der Waals surface area contributed by atoms with Gasteiger partial charge in [0.1, 0.15) is 5.76 Å². The molecule has 0 aliphatic carbocycles. The predicted molar refractivity (Wildman–Crippen MR) is 51.6 cm³/mol. The summed E-state index contributed by atoms with van der Waals surface area (Å²) in [5.74, 6) is -0.855. The molecule has 2 N–H and O–H groups in total. The van der Waals surface area contributed by atoms with Gasteiger partial charge in [-0.15, -0.1) is 0 Å².